The summed E-state index contributed by atoms with van der Waals surface area (Å²) < 4.78 is 4.93. The molecule has 2 heterocycles. The number of esters is 1. The van der Waals surface area contributed by atoms with Crippen molar-refractivity contribution >= 4 is 33.8 Å². The third-order valence-electron chi connectivity index (χ3n) is 2.87. The molecule has 0 saturated heterocycles. The van der Waals surface area contributed by atoms with Crippen LogP contribution in [-0.2, 0) is 4.74 Å². The topological polar surface area (TPSA) is 51.2 Å². The molecular weight excluding hydrogens is 292 g/mol. The number of nitrogens with one attached hydrogen (secondary N) is 1. The minimum atomic E-state index is -0.369. The highest BCUT2D eigenvalue weighted by molar-refractivity contribution is 7.14. The molecule has 2 aromatic heterocycles. The van der Waals surface area contributed by atoms with E-state index in [2.05, 4.69) is 37.1 Å². The van der Waals surface area contributed by atoms with Crippen molar-refractivity contribution in [1.29, 1.82) is 0 Å². The fourth-order valence-electron chi connectivity index (χ4n) is 1.98. The van der Waals surface area contributed by atoms with Gasteiger partial charge in [0.05, 0.1) is 12.6 Å². The molecule has 4 nitrogen and oxygen atoms in total. The lowest BCUT2D eigenvalue weighted by molar-refractivity contribution is 0.0520. The number of thiazole rings is 1. The van der Waals surface area contributed by atoms with Crippen LogP contribution in [0.3, 0.4) is 0 Å². The molecule has 0 amide bonds. The first-order valence-corrected chi connectivity index (χ1v) is 8.17. The van der Waals surface area contributed by atoms with Crippen LogP contribution in [0.25, 0.3) is 0 Å². The first-order valence-electron chi connectivity index (χ1n) is 6.47. The summed E-state index contributed by atoms with van der Waals surface area (Å²) in [6.07, 6.45) is 0. The van der Waals surface area contributed by atoms with Gasteiger partial charge in [0.25, 0.3) is 0 Å². The molecule has 1 N–H and O–H groups in total. The molecule has 0 aliphatic rings. The normalized spacial score (nSPS) is 12.2. The van der Waals surface area contributed by atoms with Gasteiger partial charge in [-0.2, -0.15) is 0 Å². The van der Waals surface area contributed by atoms with Crippen molar-refractivity contribution in [3.63, 3.8) is 0 Å². The van der Waals surface area contributed by atoms with Crippen molar-refractivity contribution < 1.29 is 9.53 Å². The number of anilines is 1. The molecule has 0 bridgehead atoms. The molecule has 0 aromatic carbocycles. The summed E-state index contributed by atoms with van der Waals surface area (Å²) in [7, 11) is 0. The number of rotatable bonds is 5. The van der Waals surface area contributed by atoms with E-state index in [9.17, 15) is 4.79 Å². The molecule has 0 radical (unpaired) electrons. The van der Waals surface area contributed by atoms with Crippen LogP contribution in [0.1, 0.15) is 45.7 Å². The van der Waals surface area contributed by atoms with Gasteiger partial charge in [0.2, 0.25) is 0 Å². The van der Waals surface area contributed by atoms with Gasteiger partial charge in [-0.15, -0.1) is 22.7 Å². The largest absolute Gasteiger partial charge is 0.461 e. The Morgan fingerprint density at radius 2 is 2.25 bits per heavy atom. The lowest BCUT2D eigenvalue weighted by atomic mass is 10.1. The Labute approximate surface area is 126 Å². The maximum absolute atomic E-state index is 11.6. The maximum Gasteiger partial charge on any atom is 0.357 e. The van der Waals surface area contributed by atoms with Crippen molar-refractivity contribution in [3.05, 3.63) is 32.5 Å². The fourth-order valence-corrected chi connectivity index (χ4v) is 3.77. The van der Waals surface area contributed by atoms with Crippen LogP contribution in [-0.4, -0.2) is 17.6 Å². The van der Waals surface area contributed by atoms with Crippen LogP contribution in [0, 0.1) is 13.8 Å². The number of hydrogen-bond donors (Lipinski definition) is 1. The molecule has 0 spiro atoms. The highest BCUT2D eigenvalue weighted by Gasteiger charge is 2.15. The van der Waals surface area contributed by atoms with Gasteiger partial charge in [-0.3, -0.25) is 0 Å². The van der Waals surface area contributed by atoms with E-state index in [0.29, 0.717) is 12.3 Å². The smallest absolute Gasteiger partial charge is 0.357 e. The van der Waals surface area contributed by atoms with E-state index < -0.39 is 0 Å². The minimum Gasteiger partial charge on any atom is -0.461 e. The van der Waals surface area contributed by atoms with Crippen LogP contribution >= 0.6 is 22.7 Å². The van der Waals surface area contributed by atoms with E-state index in [0.717, 1.165) is 5.13 Å². The van der Waals surface area contributed by atoms with E-state index in [1.807, 2.05) is 0 Å². The van der Waals surface area contributed by atoms with Gasteiger partial charge >= 0.3 is 5.97 Å². The zero-order valence-electron chi connectivity index (χ0n) is 12.0. The number of aromatic nitrogens is 1. The first-order chi connectivity index (χ1) is 9.51. The van der Waals surface area contributed by atoms with Crippen LogP contribution < -0.4 is 5.32 Å². The van der Waals surface area contributed by atoms with Crippen LogP contribution in [0.5, 0.6) is 0 Å². The SMILES string of the molecule is CCOC(=O)c1csc(NC(C)c2cc(C)sc2C)n1. The average molecular weight is 310 g/mol. The third kappa shape index (κ3) is 3.37. The summed E-state index contributed by atoms with van der Waals surface area (Å²) in [6.45, 7) is 8.48. The number of thiophene rings is 1. The zero-order valence-corrected chi connectivity index (χ0v) is 13.7. The Bertz CT molecular complexity index is 604. The van der Waals surface area contributed by atoms with Crippen molar-refractivity contribution in [3.8, 4) is 0 Å². The lowest BCUT2D eigenvalue weighted by Crippen LogP contribution is -2.08. The monoisotopic (exact) mass is 310 g/mol. The summed E-state index contributed by atoms with van der Waals surface area (Å²) in [4.78, 5) is 18.4. The van der Waals surface area contributed by atoms with E-state index in [1.54, 1.807) is 23.6 Å². The van der Waals surface area contributed by atoms with Crippen molar-refractivity contribution in [1.82, 2.24) is 4.98 Å². The van der Waals surface area contributed by atoms with Gasteiger partial charge in [-0.25, -0.2) is 9.78 Å². The predicted octanol–water partition coefficient (Wildman–Crippen LogP) is 4.17. The van der Waals surface area contributed by atoms with E-state index in [4.69, 9.17) is 4.74 Å². The van der Waals surface area contributed by atoms with Gasteiger partial charge in [0, 0.05) is 15.1 Å². The number of aryl methyl sites for hydroxylation is 2. The van der Waals surface area contributed by atoms with Crippen LogP contribution in [0.2, 0.25) is 0 Å². The van der Waals surface area contributed by atoms with Gasteiger partial charge in [0.1, 0.15) is 0 Å². The van der Waals surface area contributed by atoms with E-state index >= 15 is 0 Å². The molecule has 0 saturated carbocycles. The van der Waals surface area contributed by atoms with Crippen molar-refractivity contribution in [2.24, 2.45) is 0 Å². The summed E-state index contributed by atoms with van der Waals surface area (Å²) >= 11 is 3.21. The maximum atomic E-state index is 11.6. The second-order valence-corrected chi connectivity index (χ2v) is 6.81. The molecule has 1 atom stereocenters. The average Bonchev–Trinajstić information content (AvgIpc) is 2.96. The third-order valence-corrected chi connectivity index (χ3v) is 4.63. The Morgan fingerprint density at radius 3 is 2.85 bits per heavy atom. The fraction of sp³-hybridized carbons (Fsp3) is 0.429. The summed E-state index contributed by atoms with van der Waals surface area (Å²) in [5.41, 5.74) is 1.64. The summed E-state index contributed by atoms with van der Waals surface area (Å²) in [6, 6.07) is 2.36. The number of ether oxygens (including phenoxy) is 1. The molecular formula is C14H18N2O2S2. The van der Waals surface area contributed by atoms with Gasteiger partial charge in [-0.1, -0.05) is 0 Å². The first kappa shape index (κ1) is 15.0. The second-order valence-electron chi connectivity index (χ2n) is 4.49. The summed E-state index contributed by atoms with van der Waals surface area (Å²) in [5.74, 6) is -0.369. The van der Waals surface area contributed by atoms with Gasteiger partial charge < -0.3 is 10.1 Å². The number of carbonyl (C=O) groups is 1. The van der Waals surface area contributed by atoms with E-state index in [-0.39, 0.29) is 12.0 Å². The molecule has 0 aliphatic carbocycles. The highest BCUT2D eigenvalue weighted by Crippen LogP contribution is 2.29. The highest BCUT2D eigenvalue weighted by atomic mass is 32.1. The molecule has 1 unspecified atom stereocenters. The predicted molar refractivity (Wildman–Crippen MR) is 83.9 cm³/mol. The molecule has 108 valence electrons. The van der Waals surface area contributed by atoms with Gasteiger partial charge in [-0.05, 0) is 39.3 Å². The van der Waals surface area contributed by atoms with Crippen LogP contribution in [0.15, 0.2) is 11.4 Å². The lowest BCUT2D eigenvalue weighted by Gasteiger charge is -2.12. The summed E-state index contributed by atoms with van der Waals surface area (Å²) in [5, 5.41) is 5.80. The van der Waals surface area contributed by atoms with Crippen molar-refractivity contribution in [2.75, 3.05) is 11.9 Å². The minimum absolute atomic E-state index is 0.168. The standard InChI is InChI=1S/C14H18N2O2S2/c1-5-18-13(17)12-7-19-14(16-12)15-9(3)11-6-8(2)20-10(11)4/h6-7,9H,5H2,1-4H3,(H,15,16). The second kappa shape index (κ2) is 6.37. The van der Waals surface area contributed by atoms with Gasteiger partial charge in [0.15, 0.2) is 10.8 Å². The molecule has 20 heavy (non-hydrogen) atoms. The number of hydrogen-bond acceptors (Lipinski definition) is 6. The zero-order chi connectivity index (χ0) is 14.7. The molecule has 2 rings (SSSR count). The van der Waals surface area contributed by atoms with Crippen LogP contribution in [0.4, 0.5) is 5.13 Å². The Kier molecular flexibility index (Phi) is 4.77. The number of nitrogens with zero attached hydrogens (tertiary/aromatic N) is 1. The quantitative estimate of drug-likeness (QED) is 0.842. The number of carbonyl (C=O) groups excluding carboxylic acids is 1. The Balaban J connectivity index is 2.07. The van der Waals surface area contributed by atoms with E-state index in [1.165, 1.54) is 26.7 Å². The Hall–Kier alpha value is -1.40. The van der Waals surface area contributed by atoms with Crippen molar-refractivity contribution in [2.45, 2.75) is 33.7 Å². The molecule has 6 heteroatoms. The molecule has 0 fully saturated rings. The Morgan fingerprint density at radius 1 is 1.50 bits per heavy atom. The molecule has 0 aliphatic heterocycles. The molecule has 2 aromatic rings.